The number of nitrogens with one attached hydrogen (secondary N) is 1. The highest BCUT2D eigenvalue weighted by Crippen LogP contribution is 2.35. The lowest BCUT2D eigenvalue weighted by atomic mass is 10.0. The number of hydrogen-bond donors (Lipinski definition) is 1. The first-order chi connectivity index (χ1) is 9.85. The highest BCUT2D eigenvalue weighted by molar-refractivity contribution is 8.07. The van der Waals surface area contributed by atoms with Gasteiger partial charge in [-0.15, -0.1) is 0 Å². The number of thioether (sulfide) groups is 2. The quantitative estimate of drug-likeness (QED) is 0.831. The van der Waals surface area contributed by atoms with Crippen LogP contribution in [-0.4, -0.2) is 39.6 Å². The van der Waals surface area contributed by atoms with Crippen LogP contribution in [0.1, 0.15) is 32.4 Å². The van der Waals surface area contributed by atoms with Crippen molar-refractivity contribution < 1.29 is 0 Å². The molecule has 0 bridgehead atoms. The van der Waals surface area contributed by atoms with Gasteiger partial charge in [0.05, 0.1) is 0 Å². The van der Waals surface area contributed by atoms with Gasteiger partial charge in [0.1, 0.15) is 0 Å². The van der Waals surface area contributed by atoms with Gasteiger partial charge in [0.25, 0.3) is 0 Å². The van der Waals surface area contributed by atoms with Gasteiger partial charge in [0.15, 0.2) is 0 Å². The van der Waals surface area contributed by atoms with Gasteiger partial charge in [-0.25, -0.2) is 0 Å². The first-order valence-corrected chi connectivity index (χ1v) is 9.81. The second-order valence-electron chi connectivity index (χ2n) is 5.24. The van der Waals surface area contributed by atoms with Crippen molar-refractivity contribution >= 4 is 23.5 Å². The molecule has 20 heavy (non-hydrogen) atoms. The van der Waals surface area contributed by atoms with Crippen LogP contribution in [0.4, 0.5) is 0 Å². The topological polar surface area (TPSA) is 24.9 Å². The van der Waals surface area contributed by atoms with Crippen molar-refractivity contribution in [1.29, 1.82) is 0 Å². The molecule has 112 valence electrons. The number of rotatable bonds is 7. The Morgan fingerprint density at radius 1 is 1.30 bits per heavy atom. The Morgan fingerprint density at radius 2 is 2.15 bits per heavy atom. The molecule has 0 aliphatic carbocycles. The predicted molar refractivity (Wildman–Crippen MR) is 92.8 cm³/mol. The molecule has 0 radical (unpaired) electrons. The molecule has 1 aromatic rings. The van der Waals surface area contributed by atoms with Gasteiger partial charge in [0.2, 0.25) is 0 Å². The first-order valence-electron chi connectivity index (χ1n) is 7.71. The van der Waals surface area contributed by atoms with Gasteiger partial charge in [0, 0.05) is 46.4 Å². The molecule has 1 N–H and O–H groups in total. The standard InChI is InChI=1S/C16H26N2S2/c1-3-8-18-14(12-13-7-5-6-9-17-13)16-15(4-2)19-10-11-20-16/h5-7,9,14-16,18H,3-4,8,10-12H2,1-2H3. The van der Waals surface area contributed by atoms with E-state index in [1.54, 1.807) is 0 Å². The molecule has 3 atom stereocenters. The van der Waals surface area contributed by atoms with Gasteiger partial charge in [-0.3, -0.25) is 4.98 Å². The van der Waals surface area contributed by atoms with Crippen LogP contribution >= 0.6 is 23.5 Å². The molecule has 2 heterocycles. The lowest BCUT2D eigenvalue weighted by Crippen LogP contribution is -2.46. The maximum atomic E-state index is 4.52. The van der Waals surface area contributed by atoms with E-state index in [2.05, 4.69) is 59.8 Å². The monoisotopic (exact) mass is 310 g/mol. The van der Waals surface area contributed by atoms with E-state index in [1.165, 1.54) is 30.0 Å². The van der Waals surface area contributed by atoms with Crippen molar-refractivity contribution in [3.63, 3.8) is 0 Å². The van der Waals surface area contributed by atoms with E-state index in [4.69, 9.17) is 0 Å². The molecule has 0 aromatic carbocycles. The summed E-state index contributed by atoms with van der Waals surface area (Å²) >= 11 is 4.32. The van der Waals surface area contributed by atoms with Gasteiger partial charge in [-0.2, -0.15) is 23.5 Å². The molecule has 3 unspecified atom stereocenters. The van der Waals surface area contributed by atoms with Gasteiger partial charge in [-0.05, 0) is 31.5 Å². The minimum absolute atomic E-state index is 0.549. The van der Waals surface area contributed by atoms with Crippen molar-refractivity contribution in [2.75, 3.05) is 18.1 Å². The first kappa shape index (κ1) is 16.2. The summed E-state index contributed by atoms with van der Waals surface area (Å²) in [5.41, 5.74) is 1.21. The Morgan fingerprint density at radius 3 is 2.85 bits per heavy atom. The van der Waals surface area contributed by atoms with E-state index in [0.29, 0.717) is 11.3 Å². The molecule has 0 amide bonds. The summed E-state index contributed by atoms with van der Waals surface area (Å²) in [5, 5.41) is 5.28. The number of pyridine rings is 1. The molecule has 1 aromatic heterocycles. The van der Waals surface area contributed by atoms with E-state index in [0.717, 1.165) is 18.2 Å². The van der Waals surface area contributed by atoms with Crippen LogP contribution in [0, 0.1) is 0 Å². The number of nitrogens with zero attached hydrogens (tertiary/aromatic N) is 1. The average Bonchev–Trinajstić information content (AvgIpc) is 2.52. The Bertz CT molecular complexity index is 372. The minimum Gasteiger partial charge on any atom is -0.312 e. The fraction of sp³-hybridized carbons (Fsp3) is 0.688. The van der Waals surface area contributed by atoms with E-state index in [1.807, 2.05) is 12.3 Å². The summed E-state index contributed by atoms with van der Waals surface area (Å²) in [6.45, 7) is 5.68. The normalized spacial score (nSPS) is 24.5. The van der Waals surface area contributed by atoms with E-state index in [9.17, 15) is 0 Å². The van der Waals surface area contributed by atoms with Gasteiger partial charge < -0.3 is 5.32 Å². The summed E-state index contributed by atoms with van der Waals surface area (Å²) in [7, 11) is 0. The summed E-state index contributed by atoms with van der Waals surface area (Å²) < 4.78 is 0. The molecule has 2 nitrogen and oxygen atoms in total. The third kappa shape index (κ3) is 4.68. The molecule has 1 fully saturated rings. The largest absolute Gasteiger partial charge is 0.312 e. The van der Waals surface area contributed by atoms with Crippen molar-refractivity contribution in [2.24, 2.45) is 0 Å². The Labute approximate surface area is 131 Å². The molecule has 1 saturated heterocycles. The van der Waals surface area contributed by atoms with Crippen molar-refractivity contribution in [1.82, 2.24) is 10.3 Å². The Balaban J connectivity index is 2.05. The van der Waals surface area contributed by atoms with Crippen molar-refractivity contribution in [3.8, 4) is 0 Å². The van der Waals surface area contributed by atoms with Crippen LogP contribution in [0.5, 0.6) is 0 Å². The molecule has 1 aliphatic heterocycles. The summed E-state index contributed by atoms with van der Waals surface area (Å²) in [5.74, 6) is 2.60. The SMILES string of the molecule is CCCNC(Cc1ccccn1)C1SCCSC1CC. The highest BCUT2D eigenvalue weighted by atomic mass is 32.2. The molecule has 0 saturated carbocycles. The molecule has 4 heteroatoms. The summed E-state index contributed by atoms with van der Waals surface area (Å²) in [6, 6.07) is 6.80. The highest BCUT2D eigenvalue weighted by Gasteiger charge is 2.31. The zero-order valence-corrected chi connectivity index (χ0v) is 14.2. The third-order valence-corrected chi connectivity index (χ3v) is 7.11. The zero-order valence-electron chi connectivity index (χ0n) is 12.5. The second-order valence-corrected chi connectivity index (χ2v) is 7.87. The lowest BCUT2D eigenvalue weighted by Gasteiger charge is -2.36. The zero-order chi connectivity index (χ0) is 14.2. The summed E-state index contributed by atoms with van der Waals surface area (Å²) in [6.07, 6.45) is 5.43. The molecule has 0 spiro atoms. The maximum absolute atomic E-state index is 4.52. The predicted octanol–water partition coefficient (Wildman–Crippen LogP) is 3.62. The second kappa shape index (κ2) is 8.96. The minimum atomic E-state index is 0.549. The van der Waals surface area contributed by atoms with Crippen LogP contribution < -0.4 is 5.32 Å². The van der Waals surface area contributed by atoms with Crippen LogP contribution in [-0.2, 0) is 6.42 Å². The van der Waals surface area contributed by atoms with E-state index in [-0.39, 0.29) is 0 Å². The van der Waals surface area contributed by atoms with E-state index < -0.39 is 0 Å². The summed E-state index contributed by atoms with van der Waals surface area (Å²) in [4.78, 5) is 4.52. The van der Waals surface area contributed by atoms with Crippen LogP contribution in [0.25, 0.3) is 0 Å². The Kier molecular flexibility index (Phi) is 7.25. The lowest BCUT2D eigenvalue weighted by molar-refractivity contribution is 0.474. The van der Waals surface area contributed by atoms with Crippen LogP contribution in [0.3, 0.4) is 0 Å². The average molecular weight is 311 g/mol. The fourth-order valence-corrected chi connectivity index (χ4v) is 5.95. The molecule has 1 aliphatic rings. The molecular formula is C16H26N2S2. The smallest absolute Gasteiger partial charge is 0.0419 e. The third-order valence-electron chi connectivity index (χ3n) is 3.70. The van der Waals surface area contributed by atoms with Crippen LogP contribution in [0.15, 0.2) is 24.4 Å². The van der Waals surface area contributed by atoms with Gasteiger partial charge >= 0.3 is 0 Å². The molecular weight excluding hydrogens is 284 g/mol. The Hall–Kier alpha value is -0.190. The van der Waals surface area contributed by atoms with E-state index >= 15 is 0 Å². The van der Waals surface area contributed by atoms with Crippen molar-refractivity contribution in [3.05, 3.63) is 30.1 Å². The molecule has 2 rings (SSSR count). The van der Waals surface area contributed by atoms with Gasteiger partial charge in [-0.1, -0.05) is 19.9 Å². The van der Waals surface area contributed by atoms with Crippen molar-refractivity contribution in [2.45, 2.75) is 49.7 Å². The number of hydrogen-bond acceptors (Lipinski definition) is 4. The van der Waals surface area contributed by atoms with Crippen LogP contribution in [0.2, 0.25) is 0 Å². The number of aromatic nitrogens is 1. The fourth-order valence-electron chi connectivity index (χ4n) is 2.69. The maximum Gasteiger partial charge on any atom is 0.0419 e.